The minimum absolute atomic E-state index is 0.140. The van der Waals surface area contributed by atoms with Crippen molar-refractivity contribution in [3.05, 3.63) is 71.8 Å². The molecule has 102 valence electrons. The Kier molecular flexibility index (Phi) is 14.1. The molecule has 0 saturated heterocycles. The molecule has 2 rings (SSSR count). The number of hydrogen-bond donors (Lipinski definition) is 2. The van der Waals surface area contributed by atoms with Crippen LogP contribution in [0.2, 0.25) is 0 Å². The molecule has 2 nitrogen and oxygen atoms in total. The van der Waals surface area contributed by atoms with Crippen LogP contribution in [0, 0.1) is 0 Å². The first kappa shape index (κ1) is 18.8. The Bertz CT molecular complexity index is 359. The maximum atomic E-state index is 8.54. The summed E-state index contributed by atoms with van der Waals surface area (Å²) in [5.41, 5.74) is 1.93. The molecule has 0 unspecified atom stereocenters. The molecule has 0 atom stereocenters. The Morgan fingerprint density at radius 2 is 0.947 bits per heavy atom. The number of hydrogen-bond acceptors (Lipinski definition) is 2. The third-order valence-corrected chi connectivity index (χ3v) is 2.05. The third kappa shape index (κ3) is 11.4. The zero-order chi connectivity index (χ0) is 14.3. The van der Waals surface area contributed by atoms with Crippen LogP contribution in [-0.4, -0.2) is 10.2 Å². The molecule has 5 heteroatoms. The zero-order valence-corrected chi connectivity index (χ0v) is 14.3. The Balaban J connectivity index is 0.000000284. The summed E-state index contributed by atoms with van der Waals surface area (Å²) in [7, 11) is 9.87. The first-order valence-corrected chi connectivity index (χ1v) is 11.9. The van der Waals surface area contributed by atoms with Crippen LogP contribution < -0.4 is 0 Å². The van der Waals surface area contributed by atoms with Gasteiger partial charge in [-0.05, 0) is 11.1 Å². The van der Waals surface area contributed by atoms with Gasteiger partial charge >= 0.3 is 37.9 Å². The molecule has 0 amide bonds. The topological polar surface area (TPSA) is 40.5 Å². The molecule has 0 saturated carbocycles. The van der Waals surface area contributed by atoms with Gasteiger partial charge < -0.3 is 10.2 Å². The van der Waals surface area contributed by atoms with Gasteiger partial charge in [0.1, 0.15) is 0 Å². The molecule has 19 heavy (non-hydrogen) atoms. The van der Waals surface area contributed by atoms with Crippen molar-refractivity contribution in [2.24, 2.45) is 0 Å². The number of aliphatic hydroxyl groups excluding tert-OH is 2. The van der Waals surface area contributed by atoms with Crippen molar-refractivity contribution in [1.82, 2.24) is 0 Å². The van der Waals surface area contributed by atoms with Gasteiger partial charge in [-0.15, -0.1) is 0 Å². The molecule has 0 bridgehead atoms. The molecule has 0 radical (unpaired) electrons. The van der Waals surface area contributed by atoms with E-state index < -0.39 is 20.8 Å². The quantitative estimate of drug-likeness (QED) is 0.836. The molecule has 0 spiro atoms. The fourth-order valence-electron chi connectivity index (χ4n) is 1.17. The molecular formula is C14H16Cl2O2Zr. The van der Waals surface area contributed by atoms with Crippen LogP contribution in [0.25, 0.3) is 0 Å². The number of benzene rings is 2. The standard InChI is InChI=1S/2C7H8O.2ClH.Zr/c2*8-6-7-4-2-1-3-5-7;;;/h2*1-5,8H,6H2;2*1H;/q;;;;+2/p-2. The summed E-state index contributed by atoms with van der Waals surface area (Å²) in [5, 5.41) is 17.1. The van der Waals surface area contributed by atoms with Crippen molar-refractivity contribution in [1.29, 1.82) is 0 Å². The van der Waals surface area contributed by atoms with Gasteiger partial charge in [-0.25, -0.2) is 0 Å². The van der Waals surface area contributed by atoms with Crippen molar-refractivity contribution in [3.63, 3.8) is 0 Å². The molecule has 0 aromatic heterocycles. The number of rotatable bonds is 2. The van der Waals surface area contributed by atoms with Crippen LogP contribution in [0.3, 0.4) is 0 Å². The zero-order valence-electron chi connectivity index (χ0n) is 10.3. The Labute approximate surface area is 132 Å². The summed E-state index contributed by atoms with van der Waals surface area (Å²) in [6.45, 7) is 0.279. The van der Waals surface area contributed by atoms with Crippen molar-refractivity contribution in [2.75, 3.05) is 0 Å². The van der Waals surface area contributed by atoms with Gasteiger partial charge in [0.15, 0.2) is 0 Å². The van der Waals surface area contributed by atoms with Gasteiger partial charge in [0.2, 0.25) is 0 Å². The van der Waals surface area contributed by atoms with Gasteiger partial charge in [-0.2, -0.15) is 0 Å². The summed E-state index contributed by atoms with van der Waals surface area (Å²) in [6, 6.07) is 19.0. The van der Waals surface area contributed by atoms with E-state index in [4.69, 9.17) is 27.2 Å². The molecular weight excluding hydrogens is 362 g/mol. The van der Waals surface area contributed by atoms with E-state index in [0.29, 0.717) is 0 Å². The van der Waals surface area contributed by atoms with Crippen LogP contribution in [0.1, 0.15) is 11.1 Å². The fourth-order valence-corrected chi connectivity index (χ4v) is 1.17. The summed E-state index contributed by atoms with van der Waals surface area (Å²) in [5.74, 6) is 0. The van der Waals surface area contributed by atoms with Crippen LogP contribution in [0.4, 0.5) is 0 Å². The van der Waals surface area contributed by atoms with E-state index in [2.05, 4.69) is 0 Å². The van der Waals surface area contributed by atoms with Crippen LogP contribution >= 0.6 is 17.0 Å². The van der Waals surface area contributed by atoms with Crippen LogP contribution in [0.15, 0.2) is 60.7 Å². The van der Waals surface area contributed by atoms with Gasteiger partial charge in [0, 0.05) is 0 Å². The van der Waals surface area contributed by atoms with E-state index >= 15 is 0 Å². The second-order valence-electron chi connectivity index (χ2n) is 3.36. The van der Waals surface area contributed by atoms with E-state index in [0.717, 1.165) is 11.1 Å². The first-order valence-electron chi connectivity index (χ1n) is 5.54. The molecule has 2 aromatic carbocycles. The SMILES string of the molecule is OCc1ccccc1.OCc1ccccc1.[Cl][Zr][Cl]. The molecule has 0 fully saturated rings. The predicted octanol–water partition coefficient (Wildman–Crippen LogP) is 3.73. The van der Waals surface area contributed by atoms with E-state index in [-0.39, 0.29) is 13.2 Å². The molecule has 0 aliphatic rings. The number of halogens is 2. The molecule has 0 aliphatic heterocycles. The van der Waals surface area contributed by atoms with Crippen molar-refractivity contribution in [3.8, 4) is 0 Å². The Morgan fingerprint density at radius 3 is 1.11 bits per heavy atom. The second-order valence-corrected chi connectivity index (χ2v) is 7.09. The summed E-state index contributed by atoms with van der Waals surface area (Å²) in [4.78, 5) is 0. The second kappa shape index (κ2) is 14.2. The van der Waals surface area contributed by atoms with E-state index in [9.17, 15) is 0 Å². The summed E-state index contributed by atoms with van der Waals surface area (Å²) >= 11 is -0.826. The van der Waals surface area contributed by atoms with Crippen molar-refractivity contribution in [2.45, 2.75) is 13.2 Å². The fraction of sp³-hybridized carbons (Fsp3) is 0.143. The predicted molar refractivity (Wildman–Crippen MR) is 76.4 cm³/mol. The molecule has 2 N–H and O–H groups in total. The first-order chi connectivity index (χ1) is 9.28. The monoisotopic (exact) mass is 376 g/mol. The normalized spacial score (nSPS) is 8.42. The Morgan fingerprint density at radius 1 is 0.684 bits per heavy atom. The average Bonchev–Trinajstić information content (AvgIpc) is 2.50. The van der Waals surface area contributed by atoms with Gasteiger partial charge in [-0.1, -0.05) is 60.7 Å². The summed E-state index contributed by atoms with van der Waals surface area (Å²) < 4.78 is 0. The molecule has 0 aliphatic carbocycles. The van der Waals surface area contributed by atoms with Gasteiger partial charge in [0.25, 0.3) is 0 Å². The maximum absolute atomic E-state index is 8.54. The number of aliphatic hydroxyl groups is 2. The Hall–Kier alpha value is -0.177. The minimum atomic E-state index is -0.826. The van der Waals surface area contributed by atoms with E-state index in [1.54, 1.807) is 0 Å². The van der Waals surface area contributed by atoms with Crippen molar-refractivity contribution < 1.29 is 31.1 Å². The van der Waals surface area contributed by atoms with Crippen molar-refractivity contribution >= 4 is 17.0 Å². The van der Waals surface area contributed by atoms with Gasteiger partial charge in [0.05, 0.1) is 13.2 Å². The molecule has 2 aromatic rings. The average molecular weight is 378 g/mol. The van der Waals surface area contributed by atoms with Crippen LogP contribution in [0.5, 0.6) is 0 Å². The van der Waals surface area contributed by atoms with E-state index in [1.165, 1.54) is 0 Å². The summed E-state index contributed by atoms with van der Waals surface area (Å²) in [6.07, 6.45) is 0. The van der Waals surface area contributed by atoms with Gasteiger partial charge in [-0.3, -0.25) is 0 Å². The van der Waals surface area contributed by atoms with Crippen LogP contribution in [-0.2, 0) is 34.1 Å². The molecule has 0 heterocycles. The van der Waals surface area contributed by atoms with E-state index in [1.807, 2.05) is 60.7 Å². The third-order valence-electron chi connectivity index (χ3n) is 2.05.